The molecule has 23 heavy (non-hydrogen) atoms. The van der Waals surface area contributed by atoms with Crippen LogP contribution in [0.2, 0.25) is 0 Å². The average Bonchev–Trinajstić information content (AvgIpc) is 2.39. The van der Waals surface area contributed by atoms with Crippen LogP contribution in [-0.2, 0) is 10.0 Å². The number of hydrogen-bond acceptors (Lipinski definition) is 3. The third-order valence-electron chi connectivity index (χ3n) is 4.02. The summed E-state index contributed by atoms with van der Waals surface area (Å²) < 4.78 is 53.8. The van der Waals surface area contributed by atoms with Crippen molar-refractivity contribution in [3.63, 3.8) is 0 Å². The lowest BCUT2D eigenvalue weighted by Gasteiger charge is -2.36. The first-order chi connectivity index (χ1) is 10.7. The summed E-state index contributed by atoms with van der Waals surface area (Å²) in [6.45, 7) is 8.48. The van der Waals surface area contributed by atoms with E-state index in [0.29, 0.717) is 24.4 Å². The van der Waals surface area contributed by atoms with Crippen molar-refractivity contribution in [1.82, 2.24) is 9.62 Å². The monoisotopic (exact) mass is 346 g/mol. The number of rotatable bonds is 5. The molecule has 1 aromatic carbocycles. The summed E-state index contributed by atoms with van der Waals surface area (Å²) in [5.74, 6) is -0.587. The van der Waals surface area contributed by atoms with Gasteiger partial charge in [0.25, 0.3) is 0 Å². The fraction of sp³-hybridized carbons (Fsp3) is 0.625. The molecule has 7 heteroatoms. The number of hydrogen-bond donors (Lipinski definition) is 1. The molecule has 1 aliphatic heterocycles. The van der Waals surface area contributed by atoms with Gasteiger partial charge in [-0.05, 0) is 43.4 Å². The summed E-state index contributed by atoms with van der Waals surface area (Å²) >= 11 is 0. The standard InChI is InChI=1S/C16H24F2N2O2S/c1-11-6-12(2)9-20(8-11)10-13(3)19-23(21,22)16-7-14(17)4-5-15(16)18/h4-5,7,11-13,19H,6,8-10H2,1-3H3/t11-,12-,13-/m1/s1. The molecular weight excluding hydrogens is 322 g/mol. The van der Waals surface area contributed by atoms with E-state index in [-0.39, 0.29) is 6.04 Å². The van der Waals surface area contributed by atoms with Gasteiger partial charge in [-0.2, -0.15) is 0 Å². The minimum absolute atomic E-state index is 0.389. The highest BCUT2D eigenvalue weighted by molar-refractivity contribution is 7.89. The number of benzene rings is 1. The molecule has 1 fully saturated rings. The molecule has 130 valence electrons. The first-order valence-electron chi connectivity index (χ1n) is 7.87. The van der Waals surface area contributed by atoms with Gasteiger partial charge < -0.3 is 4.90 Å². The lowest BCUT2D eigenvalue weighted by atomic mass is 9.92. The van der Waals surface area contributed by atoms with Crippen LogP contribution in [0.4, 0.5) is 8.78 Å². The summed E-state index contributed by atoms with van der Waals surface area (Å²) in [7, 11) is -4.08. The van der Waals surface area contributed by atoms with Crippen molar-refractivity contribution < 1.29 is 17.2 Å². The molecule has 0 spiro atoms. The summed E-state index contributed by atoms with van der Waals surface area (Å²) in [4.78, 5) is 1.57. The van der Waals surface area contributed by atoms with Crippen LogP contribution in [0.3, 0.4) is 0 Å². The van der Waals surface area contributed by atoms with Crippen molar-refractivity contribution in [2.24, 2.45) is 11.8 Å². The largest absolute Gasteiger partial charge is 0.301 e. The maximum Gasteiger partial charge on any atom is 0.243 e. The maximum atomic E-state index is 13.7. The predicted molar refractivity (Wildman–Crippen MR) is 85.5 cm³/mol. The Hall–Kier alpha value is -1.05. The molecule has 0 aliphatic carbocycles. The Morgan fingerprint density at radius 1 is 1.26 bits per heavy atom. The fourth-order valence-corrected chi connectivity index (χ4v) is 4.70. The Balaban J connectivity index is 2.04. The van der Waals surface area contributed by atoms with Crippen molar-refractivity contribution in [1.29, 1.82) is 0 Å². The second kappa shape index (κ2) is 7.23. The van der Waals surface area contributed by atoms with Crippen molar-refractivity contribution in [3.8, 4) is 0 Å². The van der Waals surface area contributed by atoms with Crippen LogP contribution >= 0.6 is 0 Å². The normalized spacial score (nSPS) is 24.6. The molecule has 0 saturated carbocycles. The third kappa shape index (κ3) is 4.96. The molecule has 1 aliphatic rings. The molecular formula is C16H24F2N2O2S. The Morgan fingerprint density at radius 3 is 2.48 bits per heavy atom. The van der Waals surface area contributed by atoms with E-state index in [4.69, 9.17) is 0 Å². The Kier molecular flexibility index (Phi) is 5.75. The number of halogens is 2. The molecule has 2 rings (SSSR count). The van der Waals surface area contributed by atoms with Crippen LogP contribution in [0.1, 0.15) is 27.2 Å². The zero-order chi connectivity index (χ0) is 17.2. The first kappa shape index (κ1) is 18.3. The number of likely N-dealkylation sites (tertiary alicyclic amines) is 1. The molecule has 0 bridgehead atoms. The molecule has 0 unspecified atom stereocenters. The van der Waals surface area contributed by atoms with E-state index in [1.54, 1.807) is 6.92 Å². The van der Waals surface area contributed by atoms with E-state index in [1.165, 1.54) is 6.42 Å². The van der Waals surface area contributed by atoms with Gasteiger partial charge in [0, 0.05) is 25.7 Å². The molecule has 1 heterocycles. The van der Waals surface area contributed by atoms with E-state index in [0.717, 1.165) is 25.2 Å². The van der Waals surface area contributed by atoms with E-state index in [9.17, 15) is 17.2 Å². The van der Waals surface area contributed by atoms with Crippen LogP contribution in [-0.4, -0.2) is 39.0 Å². The lowest BCUT2D eigenvalue weighted by molar-refractivity contribution is 0.134. The Labute approximate surface area is 136 Å². The Morgan fingerprint density at radius 2 is 1.87 bits per heavy atom. The third-order valence-corrected chi connectivity index (χ3v) is 5.62. The Bertz CT molecular complexity index is 641. The number of nitrogens with zero attached hydrogens (tertiary/aromatic N) is 1. The van der Waals surface area contributed by atoms with Gasteiger partial charge in [-0.1, -0.05) is 13.8 Å². The van der Waals surface area contributed by atoms with Gasteiger partial charge in [0.15, 0.2) is 0 Å². The van der Waals surface area contributed by atoms with Gasteiger partial charge in [0.2, 0.25) is 10.0 Å². The zero-order valence-electron chi connectivity index (χ0n) is 13.7. The number of piperidine rings is 1. The molecule has 1 saturated heterocycles. The molecule has 1 aromatic rings. The van der Waals surface area contributed by atoms with E-state index in [1.807, 2.05) is 0 Å². The fourth-order valence-electron chi connectivity index (χ4n) is 3.38. The van der Waals surface area contributed by atoms with Crippen LogP contribution < -0.4 is 4.72 Å². The molecule has 1 N–H and O–H groups in total. The van der Waals surface area contributed by atoms with Crippen LogP contribution in [0, 0.1) is 23.5 Å². The van der Waals surface area contributed by atoms with Gasteiger partial charge in [0.05, 0.1) is 0 Å². The van der Waals surface area contributed by atoms with Crippen molar-refractivity contribution in [3.05, 3.63) is 29.8 Å². The molecule has 0 aromatic heterocycles. The van der Waals surface area contributed by atoms with Crippen LogP contribution in [0.25, 0.3) is 0 Å². The predicted octanol–water partition coefficient (Wildman–Crippen LogP) is 2.61. The number of sulfonamides is 1. The highest BCUT2D eigenvalue weighted by atomic mass is 32.2. The molecule has 4 nitrogen and oxygen atoms in total. The van der Waals surface area contributed by atoms with Gasteiger partial charge in [0.1, 0.15) is 16.5 Å². The SMILES string of the molecule is C[C@@H]1C[C@@H](C)CN(C[C@@H](C)NS(=O)(=O)c2cc(F)ccc2F)C1. The lowest BCUT2D eigenvalue weighted by Crippen LogP contribution is -2.47. The van der Waals surface area contributed by atoms with E-state index >= 15 is 0 Å². The zero-order valence-corrected chi connectivity index (χ0v) is 14.5. The van der Waals surface area contributed by atoms with Gasteiger partial charge in [-0.3, -0.25) is 0 Å². The number of nitrogens with one attached hydrogen (secondary N) is 1. The van der Waals surface area contributed by atoms with E-state index in [2.05, 4.69) is 23.5 Å². The highest BCUT2D eigenvalue weighted by Crippen LogP contribution is 2.21. The minimum Gasteiger partial charge on any atom is -0.301 e. The topological polar surface area (TPSA) is 49.4 Å². The highest BCUT2D eigenvalue weighted by Gasteiger charge is 2.26. The van der Waals surface area contributed by atoms with Crippen LogP contribution in [0.15, 0.2) is 23.1 Å². The molecule has 0 amide bonds. The second-order valence-corrected chi connectivity index (χ2v) is 8.44. The van der Waals surface area contributed by atoms with Crippen molar-refractivity contribution in [2.75, 3.05) is 19.6 Å². The molecule has 0 radical (unpaired) electrons. The van der Waals surface area contributed by atoms with Gasteiger partial charge >= 0.3 is 0 Å². The second-order valence-electron chi connectivity index (χ2n) is 6.76. The van der Waals surface area contributed by atoms with E-state index < -0.39 is 26.6 Å². The summed E-state index contributed by atoms with van der Waals surface area (Å²) in [6.07, 6.45) is 1.17. The molecule has 3 atom stereocenters. The summed E-state index contributed by atoms with van der Waals surface area (Å²) in [5.41, 5.74) is 0. The quantitative estimate of drug-likeness (QED) is 0.892. The van der Waals surface area contributed by atoms with Gasteiger partial charge in [-0.15, -0.1) is 0 Å². The summed E-state index contributed by atoms with van der Waals surface area (Å²) in [5, 5.41) is 0. The smallest absolute Gasteiger partial charge is 0.243 e. The van der Waals surface area contributed by atoms with Crippen LogP contribution in [0.5, 0.6) is 0 Å². The average molecular weight is 346 g/mol. The van der Waals surface area contributed by atoms with Crippen molar-refractivity contribution in [2.45, 2.75) is 38.1 Å². The minimum atomic E-state index is -4.08. The van der Waals surface area contributed by atoms with Crippen molar-refractivity contribution >= 4 is 10.0 Å². The van der Waals surface area contributed by atoms with Gasteiger partial charge in [-0.25, -0.2) is 21.9 Å². The first-order valence-corrected chi connectivity index (χ1v) is 9.35. The maximum absolute atomic E-state index is 13.7. The summed E-state index contributed by atoms with van der Waals surface area (Å²) in [6, 6.07) is 2.03.